The van der Waals surface area contributed by atoms with E-state index in [1.165, 1.54) is 19.1 Å². The minimum atomic E-state index is -1.31. The Morgan fingerprint density at radius 3 is 2.50 bits per heavy atom. The van der Waals surface area contributed by atoms with E-state index < -0.39 is 41.5 Å². The molecule has 9 heteroatoms. The zero-order valence-corrected chi connectivity index (χ0v) is 16.8. The van der Waals surface area contributed by atoms with Crippen LogP contribution in [0.3, 0.4) is 0 Å². The Morgan fingerprint density at radius 2 is 1.87 bits per heavy atom. The number of phenolic OH excluding ortho intramolecular Hbond substituents is 1. The fourth-order valence-electron chi connectivity index (χ4n) is 3.20. The predicted octanol–water partition coefficient (Wildman–Crippen LogP) is 4.91. The van der Waals surface area contributed by atoms with Crippen molar-refractivity contribution in [3.8, 4) is 5.75 Å². The number of nitrogens with zero attached hydrogens (tertiary/aromatic N) is 1. The van der Waals surface area contributed by atoms with E-state index in [1.807, 2.05) is 0 Å². The zero-order chi connectivity index (χ0) is 22.2. The van der Waals surface area contributed by atoms with Crippen LogP contribution in [0.2, 0.25) is 5.02 Å². The lowest BCUT2D eigenvalue weighted by molar-refractivity contribution is -0.142. The van der Waals surface area contributed by atoms with Gasteiger partial charge in [-0.05, 0) is 37.1 Å². The molecule has 0 aliphatic rings. The minimum absolute atomic E-state index is 0.0571. The SMILES string of the molecule is CCCOC(=O)Cc1c(C)n(C(=O)c2ccc(Cl)c(F)c2)c2cc(F)c(O)c(F)c12. The van der Waals surface area contributed by atoms with Gasteiger partial charge in [-0.3, -0.25) is 14.2 Å². The molecule has 0 amide bonds. The summed E-state index contributed by atoms with van der Waals surface area (Å²) in [6.45, 7) is 3.39. The van der Waals surface area contributed by atoms with Crippen LogP contribution in [0, 0.1) is 24.4 Å². The summed E-state index contributed by atoms with van der Waals surface area (Å²) in [5.74, 6) is -6.12. The number of benzene rings is 2. The maximum atomic E-state index is 14.8. The number of hydrogen-bond donors (Lipinski definition) is 1. The second-order valence-electron chi connectivity index (χ2n) is 6.65. The molecule has 1 N–H and O–H groups in total. The molecular weight excluding hydrogens is 423 g/mol. The van der Waals surface area contributed by atoms with E-state index in [0.29, 0.717) is 6.42 Å². The van der Waals surface area contributed by atoms with Crippen molar-refractivity contribution in [1.29, 1.82) is 0 Å². The van der Waals surface area contributed by atoms with Crippen molar-refractivity contribution in [2.24, 2.45) is 0 Å². The molecule has 0 saturated heterocycles. The molecule has 158 valence electrons. The van der Waals surface area contributed by atoms with Crippen LogP contribution >= 0.6 is 11.6 Å². The average Bonchev–Trinajstić information content (AvgIpc) is 2.97. The Labute approximate surface area is 174 Å². The molecule has 3 rings (SSSR count). The van der Waals surface area contributed by atoms with Crippen LogP contribution in [0.15, 0.2) is 24.3 Å². The van der Waals surface area contributed by atoms with Crippen LogP contribution in [-0.4, -0.2) is 28.2 Å². The topological polar surface area (TPSA) is 68.5 Å². The van der Waals surface area contributed by atoms with Gasteiger partial charge in [-0.25, -0.2) is 13.2 Å². The van der Waals surface area contributed by atoms with E-state index in [4.69, 9.17) is 16.3 Å². The molecule has 5 nitrogen and oxygen atoms in total. The highest BCUT2D eigenvalue weighted by Crippen LogP contribution is 2.35. The zero-order valence-electron chi connectivity index (χ0n) is 16.1. The van der Waals surface area contributed by atoms with Crippen LogP contribution in [0.25, 0.3) is 10.9 Å². The summed E-state index contributed by atoms with van der Waals surface area (Å²) in [5, 5.41) is 9.22. The van der Waals surface area contributed by atoms with Crippen LogP contribution in [-0.2, 0) is 16.0 Å². The summed E-state index contributed by atoms with van der Waals surface area (Å²) in [6, 6.07) is 4.13. The van der Waals surface area contributed by atoms with E-state index >= 15 is 0 Å². The lowest BCUT2D eigenvalue weighted by Gasteiger charge is -2.09. The predicted molar refractivity (Wildman–Crippen MR) is 104 cm³/mol. The van der Waals surface area contributed by atoms with E-state index in [0.717, 1.165) is 16.7 Å². The van der Waals surface area contributed by atoms with Gasteiger partial charge in [0.1, 0.15) is 5.82 Å². The number of hydrogen-bond acceptors (Lipinski definition) is 4. The first-order valence-electron chi connectivity index (χ1n) is 9.03. The Hall–Kier alpha value is -3.00. The van der Waals surface area contributed by atoms with Crippen LogP contribution in [0.5, 0.6) is 5.75 Å². The van der Waals surface area contributed by atoms with Gasteiger partial charge in [0.15, 0.2) is 17.4 Å². The number of halogens is 4. The fraction of sp³-hybridized carbons (Fsp3) is 0.238. The van der Waals surface area contributed by atoms with Crippen LogP contribution in [0.1, 0.15) is 35.0 Å². The lowest BCUT2D eigenvalue weighted by atomic mass is 10.1. The Morgan fingerprint density at radius 1 is 1.17 bits per heavy atom. The molecule has 0 fully saturated rings. The molecule has 0 unspecified atom stereocenters. The second-order valence-corrected chi connectivity index (χ2v) is 7.05. The highest BCUT2D eigenvalue weighted by molar-refractivity contribution is 6.30. The number of carbonyl (C=O) groups excluding carboxylic acids is 2. The molecule has 0 aliphatic carbocycles. The molecular formula is C21H17ClF3NO4. The van der Waals surface area contributed by atoms with Gasteiger partial charge in [-0.15, -0.1) is 0 Å². The number of carbonyl (C=O) groups is 2. The molecule has 3 aromatic rings. The molecule has 2 aromatic carbocycles. The largest absolute Gasteiger partial charge is 0.503 e. The Balaban J connectivity index is 2.23. The van der Waals surface area contributed by atoms with Gasteiger partial charge in [-0.1, -0.05) is 18.5 Å². The number of fused-ring (bicyclic) bond motifs is 1. The first-order chi connectivity index (χ1) is 14.2. The van der Waals surface area contributed by atoms with E-state index in [1.54, 1.807) is 6.92 Å². The maximum absolute atomic E-state index is 14.8. The van der Waals surface area contributed by atoms with E-state index in [-0.39, 0.29) is 39.4 Å². The van der Waals surface area contributed by atoms with Crippen LogP contribution < -0.4 is 0 Å². The molecule has 30 heavy (non-hydrogen) atoms. The molecule has 1 aromatic heterocycles. The quantitative estimate of drug-likeness (QED) is 0.573. The normalized spacial score (nSPS) is 11.1. The van der Waals surface area contributed by atoms with Gasteiger partial charge in [0, 0.05) is 22.7 Å². The van der Waals surface area contributed by atoms with E-state index in [9.17, 15) is 27.9 Å². The summed E-state index contributed by atoms with van der Waals surface area (Å²) in [5.41, 5.74) is -0.144. The van der Waals surface area contributed by atoms with Crippen molar-refractivity contribution in [1.82, 2.24) is 4.57 Å². The number of aromatic nitrogens is 1. The third-order valence-corrected chi connectivity index (χ3v) is 4.95. The number of aromatic hydroxyl groups is 1. The van der Waals surface area contributed by atoms with E-state index in [2.05, 4.69) is 0 Å². The van der Waals surface area contributed by atoms with Gasteiger partial charge < -0.3 is 9.84 Å². The molecule has 0 radical (unpaired) electrons. The fourth-order valence-corrected chi connectivity index (χ4v) is 3.32. The first kappa shape index (κ1) is 21.7. The van der Waals surface area contributed by atoms with Gasteiger partial charge >= 0.3 is 5.97 Å². The number of ether oxygens (including phenoxy) is 1. The molecule has 0 atom stereocenters. The van der Waals surface area contributed by atoms with Gasteiger partial charge in [-0.2, -0.15) is 0 Å². The van der Waals surface area contributed by atoms with Crippen molar-refractivity contribution >= 4 is 34.4 Å². The van der Waals surface area contributed by atoms with Crippen molar-refractivity contribution < 1.29 is 32.6 Å². The summed E-state index contributed by atoms with van der Waals surface area (Å²) in [4.78, 5) is 25.2. The molecule has 1 heterocycles. The summed E-state index contributed by atoms with van der Waals surface area (Å²) in [6.07, 6.45) is 0.174. The highest BCUT2D eigenvalue weighted by atomic mass is 35.5. The summed E-state index contributed by atoms with van der Waals surface area (Å²) >= 11 is 5.65. The average molecular weight is 440 g/mol. The second kappa shape index (κ2) is 8.39. The molecule has 0 bridgehead atoms. The lowest BCUT2D eigenvalue weighted by Crippen LogP contribution is -2.15. The first-order valence-corrected chi connectivity index (χ1v) is 9.41. The summed E-state index contributed by atoms with van der Waals surface area (Å²) < 4.78 is 48.6. The van der Waals surface area contributed by atoms with Crippen molar-refractivity contribution in [2.45, 2.75) is 26.7 Å². The van der Waals surface area contributed by atoms with Gasteiger partial charge in [0.05, 0.1) is 23.6 Å². The van der Waals surface area contributed by atoms with Crippen molar-refractivity contribution in [3.63, 3.8) is 0 Å². The van der Waals surface area contributed by atoms with Crippen molar-refractivity contribution in [2.75, 3.05) is 6.61 Å². The van der Waals surface area contributed by atoms with Crippen LogP contribution in [0.4, 0.5) is 13.2 Å². The standard InChI is InChI=1S/C21H17ClF3NO4/c1-3-6-30-17(27)8-12-10(2)26(16-9-15(24)20(28)19(25)18(12)16)21(29)11-4-5-13(22)14(23)7-11/h4-5,7,9,28H,3,6,8H2,1-2H3. The third kappa shape index (κ3) is 3.75. The number of phenols is 1. The van der Waals surface area contributed by atoms with Crippen molar-refractivity contribution in [3.05, 3.63) is 63.6 Å². The highest BCUT2D eigenvalue weighted by Gasteiger charge is 2.27. The maximum Gasteiger partial charge on any atom is 0.310 e. The monoisotopic (exact) mass is 439 g/mol. The number of rotatable bonds is 5. The molecule has 0 spiro atoms. The Bertz CT molecular complexity index is 1170. The molecule has 0 saturated carbocycles. The minimum Gasteiger partial charge on any atom is -0.503 e. The Kier molecular flexibility index (Phi) is 6.07. The third-order valence-electron chi connectivity index (χ3n) is 4.65. The summed E-state index contributed by atoms with van der Waals surface area (Å²) in [7, 11) is 0. The molecule has 0 aliphatic heterocycles. The number of esters is 1. The van der Waals surface area contributed by atoms with Gasteiger partial charge in [0.25, 0.3) is 5.91 Å². The smallest absolute Gasteiger partial charge is 0.310 e. The van der Waals surface area contributed by atoms with Gasteiger partial charge in [0.2, 0.25) is 0 Å².